The molecule has 0 aliphatic carbocycles. The van der Waals surface area contributed by atoms with Crippen molar-refractivity contribution >= 4 is 39.6 Å². The van der Waals surface area contributed by atoms with Gasteiger partial charge < -0.3 is 29.5 Å². The highest BCUT2D eigenvalue weighted by Gasteiger charge is 2.35. The summed E-state index contributed by atoms with van der Waals surface area (Å²) in [6, 6.07) is 15.3. The number of nitrogens with one attached hydrogen (secondary N) is 1. The number of aromatic nitrogens is 5. The van der Waals surface area contributed by atoms with E-state index >= 15 is 0 Å². The van der Waals surface area contributed by atoms with Gasteiger partial charge in [-0.25, -0.2) is 19.5 Å². The SMILES string of the molecule is CN(C)C/C=C/C(=O)N1CCN2C[C@@H]1COc1c2ccc2ncnc(Nc3ccc(Oc4ccn5ncnc5c4)cc3)c12. The van der Waals surface area contributed by atoms with Gasteiger partial charge >= 0.3 is 0 Å². The summed E-state index contributed by atoms with van der Waals surface area (Å²) < 4.78 is 14.2. The first kappa shape index (κ1) is 26.7. The summed E-state index contributed by atoms with van der Waals surface area (Å²) in [7, 11) is 3.96. The second-order valence-corrected chi connectivity index (χ2v) is 10.8. The third kappa shape index (κ3) is 5.40. The molecular formula is C31H31N9O3. The number of ether oxygens (including phenoxy) is 2. The lowest BCUT2D eigenvalue weighted by Crippen LogP contribution is -2.56. The van der Waals surface area contributed by atoms with Gasteiger partial charge in [-0.3, -0.25) is 4.79 Å². The van der Waals surface area contributed by atoms with Crippen molar-refractivity contribution in [1.82, 2.24) is 34.4 Å². The molecule has 7 rings (SSSR count). The predicted molar refractivity (Wildman–Crippen MR) is 163 cm³/mol. The number of amides is 1. The first-order chi connectivity index (χ1) is 21.0. The maximum atomic E-state index is 13.0. The molecule has 1 amide bonds. The third-order valence-electron chi connectivity index (χ3n) is 7.60. The highest BCUT2D eigenvalue weighted by Crippen LogP contribution is 2.42. The monoisotopic (exact) mass is 577 g/mol. The zero-order valence-corrected chi connectivity index (χ0v) is 23.9. The summed E-state index contributed by atoms with van der Waals surface area (Å²) in [6.45, 7) is 3.16. The summed E-state index contributed by atoms with van der Waals surface area (Å²) in [5.41, 5.74) is 3.31. The molecule has 2 bridgehead atoms. The number of pyridine rings is 1. The van der Waals surface area contributed by atoms with Gasteiger partial charge in [0.2, 0.25) is 5.91 Å². The Balaban J connectivity index is 1.11. The van der Waals surface area contributed by atoms with E-state index in [1.54, 1.807) is 16.9 Å². The minimum absolute atomic E-state index is 0.0168. The van der Waals surface area contributed by atoms with Gasteiger partial charge in [-0.15, -0.1) is 0 Å². The first-order valence-corrected chi connectivity index (χ1v) is 14.1. The van der Waals surface area contributed by atoms with Crippen molar-refractivity contribution < 1.29 is 14.3 Å². The molecule has 1 fully saturated rings. The number of benzene rings is 2. The minimum Gasteiger partial charge on any atom is -0.488 e. The molecule has 218 valence electrons. The van der Waals surface area contributed by atoms with E-state index in [0.29, 0.717) is 49.2 Å². The maximum Gasteiger partial charge on any atom is 0.246 e. The Hall–Kier alpha value is -5.23. The standard InChI is InChI=1S/C31H31N9O3/c1-37(2)12-3-4-28(41)39-15-14-38-17-22(39)18-42-30-26(38)10-9-25-29(30)31(34-19-32-25)36-21-5-7-23(8-6-21)43-24-11-13-40-27(16-24)33-20-35-40/h3-11,13,16,19-20,22H,12,14-15,17-18H2,1-2H3,(H,32,34,36)/b4-3+/t22-/m1/s1. The van der Waals surface area contributed by atoms with Gasteiger partial charge in [0.25, 0.3) is 0 Å². The molecule has 1 saturated heterocycles. The van der Waals surface area contributed by atoms with Gasteiger partial charge in [0.15, 0.2) is 11.4 Å². The molecule has 2 aliphatic rings. The van der Waals surface area contributed by atoms with Crippen LogP contribution in [0.3, 0.4) is 0 Å². The topological polar surface area (TPSA) is 113 Å². The van der Waals surface area contributed by atoms with Crippen LogP contribution in [0.15, 0.2) is 79.5 Å². The highest BCUT2D eigenvalue weighted by atomic mass is 16.5. The number of nitrogens with zero attached hydrogens (tertiary/aromatic N) is 8. The normalized spacial score (nSPS) is 16.4. The smallest absolute Gasteiger partial charge is 0.246 e. The van der Waals surface area contributed by atoms with Gasteiger partial charge in [0.05, 0.1) is 22.6 Å². The number of carbonyl (C=O) groups is 1. The van der Waals surface area contributed by atoms with E-state index < -0.39 is 0 Å². The first-order valence-electron chi connectivity index (χ1n) is 14.1. The number of hydrogen-bond donors (Lipinski definition) is 1. The fourth-order valence-corrected chi connectivity index (χ4v) is 5.49. The maximum absolute atomic E-state index is 13.0. The van der Waals surface area contributed by atoms with Crippen LogP contribution < -0.4 is 19.7 Å². The Morgan fingerprint density at radius 1 is 1.07 bits per heavy atom. The van der Waals surface area contributed by atoms with E-state index in [2.05, 4.69) is 30.3 Å². The molecule has 5 aromatic rings. The second kappa shape index (κ2) is 11.2. The lowest BCUT2D eigenvalue weighted by atomic mass is 10.1. The van der Waals surface area contributed by atoms with E-state index in [1.165, 1.54) is 6.33 Å². The van der Waals surface area contributed by atoms with Crippen LogP contribution in [0.25, 0.3) is 16.6 Å². The molecule has 0 saturated carbocycles. The molecule has 5 heterocycles. The largest absolute Gasteiger partial charge is 0.488 e. The number of anilines is 3. The fraction of sp³-hybridized carbons (Fsp3) is 0.258. The van der Waals surface area contributed by atoms with Crippen molar-refractivity contribution in [3.05, 3.63) is 79.5 Å². The van der Waals surface area contributed by atoms with Crippen molar-refractivity contribution in [3.63, 3.8) is 0 Å². The van der Waals surface area contributed by atoms with Crippen LogP contribution in [0.4, 0.5) is 17.2 Å². The van der Waals surface area contributed by atoms with Gasteiger partial charge in [-0.05, 0) is 56.6 Å². The van der Waals surface area contributed by atoms with Gasteiger partial charge in [0.1, 0.15) is 36.6 Å². The number of likely N-dealkylation sites (N-methyl/N-ethyl adjacent to an activating group) is 1. The lowest BCUT2D eigenvalue weighted by Gasteiger charge is -2.39. The van der Waals surface area contributed by atoms with Crippen LogP contribution in [0.1, 0.15) is 0 Å². The number of rotatable bonds is 7. The Labute approximate surface area is 248 Å². The van der Waals surface area contributed by atoms with Crippen LogP contribution in [-0.4, -0.2) is 93.2 Å². The van der Waals surface area contributed by atoms with Gasteiger partial charge in [0, 0.05) is 50.2 Å². The molecule has 43 heavy (non-hydrogen) atoms. The highest BCUT2D eigenvalue weighted by molar-refractivity contribution is 6.00. The minimum atomic E-state index is -0.0632. The third-order valence-corrected chi connectivity index (χ3v) is 7.60. The molecule has 0 unspecified atom stereocenters. The summed E-state index contributed by atoms with van der Waals surface area (Å²) in [5, 5.41) is 8.36. The van der Waals surface area contributed by atoms with E-state index in [0.717, 1.165) is 34.6 Å². The average Bonchev–Trinajstić information content (AvgIpc) is 3.43. The Morgan fingerprint density at radius 2 is 1.95 bits per heavy atom. The van der Waals surface area contributed by atoms with Crippen LogP contribution in [0, 0.1) is 0 Å². The number of carbonyl (C=O) groups excluding carboxylic acids is 1. The van der Waals surface area contributed by atoms with E-state index in [9.17, 15) is 4.79 Å². The second-order valence-electron chi connectivity index (χ2n) is 10.8. The van der Waals surface area contributed by atoms with Crippen molar-refractivity contribution in [1.29, 1.82) is 0 Å². The van der Waals surface area contributed by atoms with Gasteiger partial charge in [-0.2, -0.15) is 5.10 Å². The summed E-state index contributed by atoms with van der Waals surface area (Å²) >= 11 is 0. The molecule has 2 aliphatic heterocycles. The molecule has 2 aromatic carbocycles. The van der Waals surface area contributed by atoms with E-state index in [1.807, 2.05) is 84.7 Å². The molecular weight excluding hydrogens is 546 g/mol. The summed E-state index contributed by atoms with van der Waals surface area (Å²) in [5.74, 6) is 2.75. The number of fused-ring (bicyclic) bond motifs is 7. The molecule has 1 atom stereocenters. The molecule has 0 spiro atoms. The lowest BCUT2D eigenvalue weighted by molar-refractivity contribution is -0.129. The molecule has 1 N–H and O–H groups in total. The number of piperazine rings is 1. The van der Waals surface area contributed by atoms with E-state index in [-0.39, 0.29) is 11.9 Å². The van der Waals surface area contributed by atoms with Crippen LogP contribution in [0.5, 0.6) is 17.2 Å². The summed E-state index contributed by atoms with van der Waals surface area (Å²) in [4.78, 5) is 32.5. The van der Waals surface area contributed by atoms with Crippen LogP contribution in [0.2, 0.25) is 0 Å². The molecule has 12 nitrogen and oxygen atoms in total. The summed E-state index contributed by atoms with van der Waals surface area (Å²) in [6.07, 6.45) is 8.43. The van der Waals surface area contributed by atoms with Crippen molar-refractivity contribution in [2.75, 3.05) is 57.1 Å². The van der Waals surface area contributed by atoms with Crippen LogP contribution in [-0.2, 0) is 4.79 Å². The van der Waals surface area contributed by atoms with E-state index in [4.69, 9.17) is 9.47 Å². The zero-order chi connectivity index (χ0) is 29.3. The quantitative estimate of drug-likeness (QED) is 0.287. The van der Waals surface area contributed by atoms with Gasteiger partial charge in [-0.1, -0.05) is 6.08 Å². The van der Waals surface area contributed by atoms with Crippen molar-refractivity contribution in [2.45, 2.75) is 6.04 Å². The average molecular weight is 578 g/mol. The molecule has 12 heteroatoms. The predicted octanol–water partition coefficient (Wildman–Crippen LogP) is 3.74. The molecule has 3 aromatic heterocycles. The van der Waals surface area contributed by atoms with Crippen molar-refractivity contribution in [3.8, 4) is 17.2 Å². The van der Waals surface area contributed by atoms with Crippen molar-refractivity contribution in [2.24, 2.45) is 0 Å². The fourth-order valence-electron chi connectivity index (χ4n) is 5.49. The Morgan fingerprint density at radius 3 is 2.81 bits per heavy atom. The Bertz CT molecular complexity index is 1820. The van der Waals surface area contributed by atoms with Crippen LogP contribution >= 0.6 is 0 Å². The molecule has 0 radical (unpaired) electrons. The number of hydrogen-bond acceptors (Lipinski definition) is 10. The zero-order valence-electron chi connectivity index (χ0n) is 23.9. The Kier molecular flexibility index (Phi) is 6.95.